The number of fused-ring (bicyclic) bond motifs is 5. The molecule has 2 nitrogen and oxygen atoms in total. The van der Waals surface area contributed by atoms with Gasteiger partial charge < -0.3 is 5.11 Å². The van der Waals surface area contributed by atoms with Gasteiger partial charge in [0.25, 0.3) is 0 Å². The van der Waals surface area contributed by atoms with E-state index in [-0.39, 0.29) is 5.78 Å². The lowest BCUT2D eigenvalue weighted by Crippen LogP contribution is -2.49. The molecule has 0 spiro atoms. The van der Waals surface area contributed by atoms with Crippen LogP contribution in [0.4, 0.5) is 0 Å². The van der Waals surface area contributed by atoms with Crippen LogP contribution in [-0.2, 0) is 0 Å². The molecule has 1 N–H and O–H groups in total. The average molecular weight is 405 g/mol. The molecule has 0 unspecified atom stereocenters. The predicted molar refractivity (Wildman–Crippen MR) is 120 cm³/mol. The van der Waals surface area contributed by atoms with Crippen molar-refractivity contribution in [2.45, 2.75) is 83.7 Å². The normalized spacial score (nSPS) is 42.3. The largest absolute Gasteiger partial charge is 0.378 e. The standard InChI is InChI=1S/C28H36O2/c1-19(29)21-7-5-20(6-8-21)11-16-28(30)17-13-23-22(18-28)9-10-25-24(23)12-15-27(2)14-3-4-26(25)27/h5-8,22-26,30H,3-4,9-10,12-15,17-18H2,1-2H3/t22-,23+,24-,25-,26+,27+,28-/m1/s1. The maximum Gasteiger partial charge on any atom is 0.159 e. The quantitative estimate of drug-likeness (QED) is 0.459. The topological polar surface area (TPSA) is 37.3 Å². The van der Waals surface area contributed by atoms with E-state index in [1.807, 2.05) is 24.3 Å². The van der Waals surface area contributed by atoms with E-state index < -0.39 is 5.60 Å². The zero-order chi connectivity index (χ0) is 20.9. The van der Waals surface area contributed by atoms with Gasteiger partial charge in [0.05, 0.1) is 0 Å². The van der Waals surface area contributed by atoms with Crippen molar-refractivity contribution in [2.24, 2.45) is 35.0 Å². The first-order valence-corrected chi connectivity index (χ1v) is 12.2. The summed E-state index contributed by atoms with van der Waals surface area (Å²) >= 11 is 0. The van der Waals surface area contributed by atoms with Crippen molar-refractivity contribution in [3.63, 3.8) is 0 Å². The van der Waals surface area contributed by atoms with E-state index in [1.54, 1.807) is 6.92 Å². The molecule has 0 amide bonds. The minimum absolute atomic E-state index is 0.0719. The number of ketones is 1. The van der Waals surface area contributed by atoms with E-state index in [0.29, 0.717) is 16.9 Å². The average Bonchev–Trinajstić information content (AvgIpc) is 3.14. The molecule has 2 heteroatoms. The Kier molecular flexibility index (Phi) is 5.10. The summed E-state index contributed by atoms with van der Waals surface area (Å²) in [5.74, 6) is 10.8. The van der Waals surface area contributed by atoms with Crippen LogP contribution in [0.25, 0.3) is 0 Å². The van der Waals surface area contributed by atoms with E-state index in [4.69, 9.17) is 0 Å². The Morgan fingerprint density at radius 3 is 2.50 bits per heavy atom. The van der Waals surface area contributed by atoms with Gasteiger partial charge in [-0.3, -0.25) is 4.79 Å². The maximum absolute atomic E-state index is 11.4. The summed E-state index contributed by atoms with van der Waals surface area (Å²) in [6.07, 6.45) is 12.7. The number of benzene rings is 1. The molecule has 0 heterocycles. The summed E-state index contributed by atoms with van der Waals surface area (Å²) in [6, 6.07) is 7.44. The summed E-state index contributed by atoms with van der Waals surface area (Å²) in [4.78, 5) is 11.4. The zero-order valence-corrected chi connectivity index (χ0v) is 18.6. The zero-order valence-electron chi connectivity index (χ0n) is 18.6. The van der Waals surface area contributed by atoms with E-state index in [1.165, 1.54) is 44.9 Å². The first-order chi connectivity index (χ1) is 14.4. The predicted octanol–water partition coefficient (Wildman–Crippen LogP) is 6.01. The number of Topliss-reactive ketones (excluding diaryl/α,β-unsaturated/α-hetero) is 1. The second kappa shape index (κ2) is 7.52. The summed E-state index contributed by atoms with van der Waals surface area (Å²) in [6.45, 7) is 4.15. The summed E-state index contributed by atoms with van der Waals surface area (Å²) in [5, 5.41) is 11.3. The van der Waals surface area contributed by atoms with Crippen LogP contribution < -0.4 is 0 Å². The highest BCUT2D eigenvalue weighted by Gasteiger charge is 2.54. The van der Waals surface area contributed by atoms with E-state index >= 15 is 0 Å². The third kappa shape index (κ3) is 3.54. The molecule has 0 aliphatic heterocycles. The van der Waals surface area contributed by atoms with Gasteiger partial charge >= 0.3 is 0 Å². The van der Waals surface area contributed by atoms with Gasteiger partial charge in [-0.2, -0.15) is 0 Å². The molecular weight excluding hydrogens is 368 g/mol. The molecule has 30 heavy (non-hydrogen) atoms. The molecule has 0 aromatic heterocycles. The van der Waals surface area contributed by atoms with Crippen molar-refractivity contribution in [3.05, 3.63) is 35.4 Å². The second-order valence-electron chi connectivity index (χ2n) is 11.2. The van der Waals surface area contributed by atoms with Crippen LogP contribution in [0.3, 0.4) is 0 Å². The fourth-order valence-electron chi connectivity index (χ4n) is 7.96. The van der Waals surface area contributed by atoms with Gasteiger partial charge in [-0.1, -0.05) is 37.3 Å². The van der Waals surface area contributed by atoms with Crippen LogP contribution in [0.15, 0.2) is 24.3 Å². The molecule has 160 valence electrons. The van der Waals surface area contributed by atoms with Crippen LogP contribution in [0.2, 0.25) is 0 Å². The monoisotopic (exact) mass is 404 g/mol. The molecule has 4 aliphatic rings. The molecule has 4 saturated carbocycles. The maximum atomic E-state index is 11.4. The third-order valence-electron chi connectivity index (χ3n) is 9.52. The SMILES string of the molecule is CC(=O)c1ccc(C#C[C@@]2(O)CC[C@H]3[C@H](CC[C@@H]4[C@@H]3CC[C@]3(C)CCC[C@@H]43)C2)cc1. The lowest BCUT2D eigenvalue weighted by atomic mass is 9.50. The molecule has 4 aliphatic carbocycles. The molecule has 0 radical (unpaired) electrons. The van der Waals surface area contributed by atoms with Gasteiger partial charge in [0.1, 0.15) is 5.60 Å². The number of carbonyl (C=O) groups excluding carboxylic acids is 1. The number of hydrogen-bond acceptors (Lipinski definition) is 2. The van der Waals surface area contributed by atoms with Gasteiger partial charge in [0, 0.05) is 11.1 Å². The summed E-state index contributed by atoms with van der Waals surface area (Å²) in [5.41, 5.74) is 1.38. The molecule has 0 bridgehead atoms. The Morgan fingerprint density at radius 2 is 1.73 bits per heavy atom. The fraction of sp³-hybridized carbons (Fsp3) is 0.679. The highest BCUT2D eigenvalue weighted by Crippen LogP contribution is 2.62. The minimum atomic E-state index is -0.843. The fourth-order valence-corrected chi connectivity index (χ4v) is 7.96. The molecule has 7 atom stereocenters. The van der Waals surface area contributed by atoms with Crippen molar-refractivity contribution >= 4 is 5.78 Å². The molecule has 0 saturated heterocycles. The van der Waals surface area contributed by atoms with Crippen LogP contribution in [-0.4, -0.2) is 16.5 Å². The van der Waals surface area contributed by atoms with Gasteiger partial charge in [-0.25, -0.2) is 0 Å². The summed E-state index contributed by atoms with van der Waals surface area (Å²) < 4.78 is 0. The highest BCUT2D eigenvalue weighted by atomic mass is 16.3. The Balaban J connectivity index is 1.28. The van der Waals surface area contributed by atoms with Crippen LogP contribution in [0.1, 0.15) is 94.0 Å². The van der Waals surface area contributed by atoms with Gasteiger partial charge in [-0.15, -0.1) is 0 Å². The molecule has 4 fully saturated rings. The van der Waals surface area contributed by atoms with Crippen molar-refractivity contribution in [1.82, 2.24) is 0 Å². The lowest BCUT2D eigenvalue weighted by molar-refractivity contribution is -0.0823. The van der Waals surface area contributed by atoms with Crippen LogP contribution >= 0.6 is 0 Å². The van der Waals surface area contributed by atoms with Crippen molar-refractivity contribution in [3.8, 4) is 11.8 Å². The van der Waals surface area contributed by atoms with Gasteiger partial charge in [0.15, 0.2) is 5.78 Å². The van der Waals surface area contributed by atoms with Crippen LogP contribution in [0, 0.1) is 46.8 Å². The number of hydrogen-bond donors (Lipinski definition) is 1. The Morgan fingerprint density at radius 1 is 0.967 bits per heavy atom. The third-order valence-corrected chi connectivity index (χ3v) is 9.52. The van der Waals surface area contributed by atoms with Gasteiger partial charge in [0.2, 0.25) is 0 Å². The Hall–Kier alpha value is -1.59. The smallest absolute Gasteiger partial charge is 0.159 e. The molecular formula is C28H36O2. The number of rotatable bonds is 1. The van der Waals surface area contributed by atoms with Crippen molar-refractivity contribution < 1.29 is 9.90 Å². The lowest BCUT2D eigenvalue weighted by Gasteiger charge is -2.56. The minimum Gasteiger partial charge on any atom is -0.378 e. The van der Waals surface area contributed by atoms with E-state index in [0.717, 1.165) is 48.5 Å². The van der Waals surface area contributed by atoms with Crippen LogP contribution in [0.5, 0.6) is 0 Å². The highest BCUT2D eigenvalue weighted by molar-refractivity contribution is 5.94. The van der Waals surface area contributed by atoms with Crippen molar-refractivity contribution in [2.75, 3.05) is 0 Å². The first kappa shape index (κ1) is 20.3. The first-order valence-electron chi connectivity index (χ1n) is 12.2. The molecule has 1 aromatic carbocycles. The van der Waals surface area contributed by atoms with Gasteiger partial charge in [-0.05, 0) is 112 Å². The Labute approximate surface area is 181 Å². The summed E-state index contributed by atoms with van der Waals surface area (Å²) in [7, 11) is 0. The number of carbonyl (C=O) groups is 1. The van der Waals surface area contributed by atoms with Crippen molar-refractivity contribution in [1.29, 1.82) is 0 Å². The Bertz CT molecular complexity index is 874. The number of aliphatic hydroxyl groups is 1. The van der Waals surface area contributed by atoms with E-state index in [2.05, 4.69) is 18.8 Å². The second-order valence-corrected chi connectivity index (χ2v) is 11.2. The van der Waals surface area contributed by atoms with E-state index in [9.17, 15) is 9.90 Å². The molecule has 5 rings (SSSR count). The molecule has 1 aromatic rings.